The van der Waals surface area contributed by atoms with E-state index < -0.39 is 10.1 Å². The summed E-state index contributed by atoms with van der Waals surface area (Å²) in [5, 5.41) is 0. The van der Waals surface area contributed by atoms with Gasteiger partial charge in [0, 0.05) is 0 Å². The molecule has 0 radical (unpaired) electrons. The van der Waals surface area contributed by atoms with Crippen molar-refractivity contribution in [3.8, 4) is 0 Å². The molecule has 0 unspecified atom stereocenters. The lowest BCUT2D eigenvalue weighted by molar-refractivity contribution is 0.389. The summed E-state index contributed by atoms with van der Waals surface area (Å²) in [4.78, 5) is 2.22. The van der Waals surface area contributed by atoms with Gasteiger partial charge in [0.25, 0.3) is 10.1 Å². The van der Waals surface area contributed by atoms with E-state index in [-0.39, 0.29) is 4.90 Å². The molecule has 0 bridgehead atoms. The van der Waals surface area contributed by atoms with Crippen molar-refractivity contribution in [1.29, 1.82) is 0 Å². The molecule has 1 aromatic rings. The van der Waals surface area contributed by atoms with Crippen LogP contribution < -0.4 is 0 Å². The monoisotopic (exact) mass is 385 g/mol. The molecule has 0 heterocycles. The van der Waals surface area contributed by atoms with Crippen molar-refractivity contribution in [2.75, 3.05) is 20.6 Å². The molecular weight excluding hydrogens is 346 g/mol. The Labute approximate surface area is 161 Å². The summed E-state index contributed by atoms with van der Waals surface area (Å²) >= 11 is 0. The van der Waals surface area contributed by atoms with Crippen molar-refractivity contribution in [3.05, 3.63) is 29.8 Å². The molecule has 0 saturated heterocycles. The third-order valence-electron chi connectivity index (χ3n) is 4.28. The van der Waals surface area contributed by atoms with Crippen molar-refractivity contribution >= 4 is 10.1 Å². The highest BCUT2D eigenvalue weighted by atomic mass is 32.2. The molecule has 0 aromatic heterocycles. The average molecular weight is 386 g/mol. The van der Waals surface area contributed by atoms with Crippen molar-refractivity contribution in [2.45, 2.75) is 83.0 Å². The number of hydrogen-bond donors (Lipinski definition) is 1. The Morgan fingerprint density at radius 2 is 1.23 bits per heavy atom. The summed E-state index contributed by atoms with van der Waals surface area (Å²) in [5.41, 5.74) is 0.956. The molecule has 0 atom stereocenters. The molecule has 5 heteroatoms. The van der Waals surface area contributed by atoms with Crippen LogP contribution in [-0.4, -0.2) is 38.5 Å². The SMILES string of the molecule is CCCCCCCCCCCCN(C)C.Cc1ccc(S(=O)(=O)O)cc1. The van der Waals surface area contributed by atoms with Crippen molar-refractivity contribution in [2.24, 2.45) is 0 Å². The van der Waals surface area contributed by atoms with E-state index in [4.69, 9.17) is 4.55 Å². The lowest BCUT2D eigenvalue weighted by Gasteiger charge is -2.08. The number of aryl methyl sites for hydroxylation is 1. The zero-order valence-corrected chi connectivity index (χ0v) is 18.0. The summed E-state index contributed by atoms with van der Waals surface area (Å²) in [6, 6.07) is 5.99. The van der Waals surface area contributed by atoms with Gasteiger partial charge in [-0.1, -0.05) is 82.4 Å². The first-order chi connectivity index (χ1) is 12.3. The minimum absolute atomic E-state index is 0.0666. The molecule has 0 fully saturated rings. The fraction of sp³-hybridized carbons (Fsp3) is 0.714. The topological polar surface area (TPSA) is 57.6 Å². The predicted octanol–water partition coefficient (Wildman–Crippen LogP) is 5.71. The number of unbranched alkanes of at least 4 members (excludes halogenated alkanes) is 9. The fourth-order valence-corrected chi connectivity index (χ4v) is 3.11. The Morgan fingerprint density at radius 3 is 1.62 bits per heavy atom. The van der Waals surface area contributed by atoms with Gasteiger partial charge in [-0.25, -0.2) is 0 Å². The van der Waals surface area contributed by atoms with Gasteiger partial charge in [0.2, 0.25) is 0 Å². The predicted molar refractivity (Wildman–Crippen MR) is 111 cm³/mol. The van der Waals surface area contributed by atoms with Crippen molar-refractivity contribution < 1.29 is 13.0 Å². The van der Waals surface area contributed by atoms with Gasteiger partial charge < -0.3 is 4.90 Å². The normalized spacial score (nSPS) is 11.3. The van der Waals surface area contributed by atoms with E-state index in [0.29, 0.717) is 0 Å². The van der Waals surface area contributed by atoms with Gasteiger partial charge in [-0.15, -0.1) is 0 Å². The summed E-state index contributed by atoms with van der Waals surface area (Å²) < 4.78 is 29.6. The first-order valence-electron chi connectivity index (χ1n) is 9.96. The Hall–Kier alpha value is -0.910. The summed E-state index contributed by atoms with van der Waals surface area (Å²) in [5.74, 6) is 0. The maximum absolute atomic E-state index is 10.5. The Bertz CT molecular complexity index is 539. The molecule has 4 nitrogen and oxygen atoms in total. The van der Waals surface area contributed by atoms with Crippen LogP contribution in [0.1, 0.15) is 76.7 Å². The van der Waals surface area contributed by atoms with Crippen LogP contribution in [0.3, 0.4) is 0 Å². The molecule has 0 aliphatic carbocycles. The molecule has 26 heavy (non-hydrogen) atoms. The molecule has 152 valence electrons. The Balaban J connectivity index is 0.000000502. The smallest absolute Gasteiger partial charge is 0.294 e. The van der Waals surface area contributed by atoms with Crippen LogP contribution in [0.2, 0.25) is 0 Å². The number of rotatable bonds is 12. The maximum Gasteiger partial charge on any atom is 0.294 e. The second kappa shape index (κ2) is 15.2. The van der Waals surface area contributed by atoms with Gasteiger partial charge in [0.05, 0.1) is 4.90 Å². The van der Waals surface area contributed by atoms with Crippen LogP contribution in [0, 0.1) is 6.92 Å². The number of nitrogens with zero attached hydrogens (tertiary/aromatic N) is 1. The molecule has 0 amide bonds. The van der Waals surface area contributed by atoms with Gasteiger partial charge in [0.1, 0.15) is 0 Å². The van der Waals surface area contributed by atoms with E-state index in [1.165, 1.54) is 82.9 Å². The third kappa shape index (κ3) is 15.4. The van der Waals surface area contributed by atoms with Crippen molar-refractivity contribution in [1.82, 2.24) is 4.90 Å². The highest BCUT2D eigenvalue weighted by Gasteiger charge is 2.06. The standard InChI is InChI=1S/C14H31N.C7H8O3S/c1-4-5-6-7-8-9-10-11-12-13-14-15(2)3;1-6-2-4-7(5-3-6)11(8,9)10/h4-14H2,1-3H3;2-5H,1H3,(H,8,9,10). The van der Waals surface area contributed by atoms with Gasteiger partial charge in [-0.05, 0) is 46.1 Å². The van der Waals surface area contributed by atoms with Crippen LogP contribution >= 0.6 is 0 Å². The summed E-state index contributed by atoms with van der Waals surface area (Å²) in [6.45, 7) is 5.38. The van der Waals surface area contributed by atoms with Crippen LogP contribution in [0.4, 0.5) is 0 Å². The van der Waals surface area contributed by atoms with Crippen LogP contribution in [0.25, 0.3) is 0 Å². The van der Waals surface area contributed by atoms with Gasteiger partial charge in [-0.3, -0.25) is 4.55 Å². The second-order valence-electron chi connectivity index (χ2n) is 7.27. The quantitative estimate of drug-likeness (QED) is 0.370. The molecule has 0 saturated carbocycles. The first kappa shape index (κ1) is 25.1. The van der Waals surface area contributed by atoms with Gasteiger partial charge in [-0.2, -0.15) is 8.42 Å². The van der Waals surface area contributed by atoms with E-state index in [9.17, 15) is 8.42 Å². The highest BCUT2D eigenvalue weighted by Crippen LogP contribution is 2.10. The first-order valence-corrected chi connectivity index (χ1v) is 11.4. The summed E-state index contributed by atoms with van der Waals surface area (Å²) in [7, 11) is 0.301. The minimum atomic E-state index is -4.02. The van der Waals surface area contributed by atoms with Crippen LogP contribution in [0.5, 0.6) is 0 Å². The lowest BCUT2D eigenvalue weighted by atomic mass is 10.1. The molecule has 1 N–H and O–H groups in total. The zero-order valence-electron chi connectivity index (χ0n) is 17.2. The lowest BCUT2D eigenvalue weighted by Crippen LogP contribution is -2.12. The Kier molecular flexibility index (Phi) is 14.6. The van der Waals surface area contributed by atoms with E-state index >= 15 is 0 Å². The number of hydrogen-bond acceptors (Lipinski definition) is 3. The molecule has 0 aliphatic heterocycles. The minimum Gasteiger partial charge on any atom is -0.309 e. The summed E-state index contributed by atoms with van der Waals surface area (Å²) in [6.07, 6.45) is 14.4. The fourth-order valence-electron chi connectivity index (χ4n) is 2.63. The van der Waals surface area contributed by atoms with E-state index in [1.54, 1.807) is 12.1 Å². The molecule has 1 rings (SSSR count). The van der Waals surface area contributed by atoms with E-state index in [1.807, 2.05) is 6.92 Å². The average Bonchev–Trinajstić information content (AvgIpc) is 2.56. The van der Waals surface area contributed by atoms with E-state index in [2.05, 4.69) is 25.9 Å². The van der Waals surface area contributed by atoms with Gasteiger partial charge in [0.15, 0.2) is 0 Å². The molecule has 0 aliphatic rings. The van der Waals surface area contributed by atoms with Crippen molar-refractivity contribution in [3.63, 3.8) is 0 Å². The molecule has 1 aromatic carbocycles. The third-order valence-corrected chi connectivity index (χ3v) is 5.15. The zero-order chi connectivity index (χ0) is 19.8. The number of benzene rings is 1. The molecular formula is C21H39NO3S. The Morgan fingerprint density at radius 1 is 0.808 bits per heavy atom. The highest BCUT2D eigenvalue weighted by molar-refractivity contribution is 7.85. The molecule has 0 spiro atoms. The van der Waals surface area contributed by atoms with Crippen LogP contribution in [0.15, 0.2) is 29.2 Å². The van der Waals surface area contributed by atoms with Crippen LogP contribution in [-0.2, 0) is 10.1 Å². The maximum atomic E-state index is 10.5. The van der Waals surface area contributed by atoms with E-state index in [0.717, 1.165) is 5.56 Å². The largest absolute Gasteiger partial charge is 0.309 e. The second-order valence-corrected chi connectivity index (χ2v) is 8.69. The van der Waals surface area contributed by atoms with Gasteiger partial charge >= 0.3 is 0 Å².